The van der Waals surface area contributed by atoms with Crippen LogP contribution in [0.2, 0.25) is 0 Å². The number of anilines is 1. The highest BCUT2D eigenvalue weighted by atomic mass is 79.9. The molecule has 0 radical (unpaired) electrons. The summed E-state index contributed by atoms with van der Waals surface area (Å²) in [6.07, 6.45) is 2.16. The van der Waals surface area contributed by atoms with Gasteiger partial charge < -0.3 is 9.64 Å². The van der Waals surface area contributed by atoms with E-state index in [0.717, 1.165) is 50.2 Å². The third kappa shape index (κ3) is 3.69. The fourth-order valence-electron chi connectivity index (χ4n) is 2.58. The summed E-state index contributed by atoms with van der Waals surface area (Å²) in [4.78, 5) is 2.33. The summed E-state index contributed by atoms with van der Waals surface area (Å²) in [5.74, 6) is -0.180. The first-order chi connectivity index (χ1) is 9.19. The topological polar surface area (TPSA) is 12.5 Å². The maximum absolute atomic E-state index is 13.0. The van der Waals surface area contributed by atoms with Gasteiger partial charge in [-0.2, -0.15) is 0 Å². The predicted octanol–water partition coefficient (Wildman–Crippen LogP) is 3.84. The Bertz CT molecular complexity index is 390. The maximum Gasteiger partial charge on any atom is 0.123 e. The van der Waals surface area contributed by atoms with E-state index in [2.05, 4.69) is 27.8 Å². The molecule has 1 fully saturated rings. The van der Waals surface area contributed by atoms with Crippen molar-refractivity contribution >= 4 is 21.6 Å². The van der Waals surface area contributed by atoms with Crippen molar-refractivity contribution in [1.29, 1.82) is 0 Å². The first-order valence-corrected chi connectivity index (χ1v) is 7.95. The molecule has 0 aromatic heterocycles. The average Bonchev–Trinajstić information content (AvgIpc) is 2.47. The first kappa shape index (κ1) is 14.8. The van der Waals surface area contributed by atoms with Gasteiger partial charge in [0.25, 0.3) is 0 Å². The summed E-state index contributed by atoms with van der Waals surface area (Å²) >= 11 is 3.67. The van der Waals surface area contributed by atoms with E-state index in [1.807, 2.05) is 12.1 Å². The normalized spacial score (nSPS) is 18.3. The Morgan fingerprint density at radius 2 is 1.89 bits per heavy atom. The molecule has 4 heteroatoms. The molecule has 0 spiro atoms. The van der Waals surface area contributed by atoms with E-state index in [4.69, 9.17) is 4.74 Å². The van der Waals surface area contributed by atoms with Crippen LogP contribution in [0.3, 0.4) is 0 Å². The van der Waals surface area contributed by atoms with Crippen LogP contribution in [0.1, 0.15) is 19.8 Å². The summed E-state index contributed by atoms with van der Waals surface area (Å²) in [5, 5.41) is 0.987. The summed E-state index contributed by atoms with van der Waals surface area (Å²) in [6.45, 7) is 5.74. The van der Waals surface area contributed by atoms with Gasteiger partial charge in [-0.15, -0.1) is 0 Å². The Labute approximate surface area is 123 Å². The quantitative estimate of drug-likeness (QED) is 0.761. The number of nitrogens with zero attached hydrogens (tertiary/aromatic N) is 1. The largest absolute Gasteiger partial charge is 0.381 e. The molecule has 1 aliphatic rings. The predicted molar refractivity (Wildman–Crippen MR) is 80.6 cm³/mol. The molecule has 1 aliphatic heterocycles. The smallest absolute Gasteiger partial charge is 0.123 e. The van der Waals surface area contributed by atoms with Crippen molar-refractivity contribution in [2.75, 3.05) is 36.5 Å². The fraction of sp³-hybridized carbons (Fsp3) is 0.600. The molecule has 1 aromatic carbocycles. The van der Waals surface area contributed by atoms with Gasteiger partial charge in [0, 0.05) is 42.7 Å². The monoisotopic (exact) mass is 329 g/mol. The van der Waals surface area contributed by atoms with Crippen molar-refractivity contribution in [2.45, 2.75) is 19.8 Å². The highest BCUT2D eigenvalue weighted by Gasteiger charge is 2.33. The van der Waals surface area contributed by atoms with Crippen LogP contribution in [0, 0.1) is 11.2 Å². The number of hydrogen-bond acceptors (Lipinski definition) is 2. The van der Waals surface area contributed by atoms with Crippen LogP contribution in [0.15, 0.2) is 24.3 Å². The summed E-state index contributed by atoms with van der Waals surface area (Å²) < 4.78 is 18.5. The number of alkyl halides is 1. The van der Waals surface area contributed by atoms with Crippen molar-refractivity contribution in [3.05, 3.63) is 30.1 Å². The zero-order valence-electron chi connectivity index (χ0n) is 11.4. The van der Waals surface area contributed by atoms with E-state index in [0.29, 0.717) is 0 Å². The standard InChI is InChI=1S/C15H21BrFNO/c1-2-18(14-5-3-13(17)4-6-14)12-15(11-16)7-9-19-10-8-15/h3-6H,2,7-12H2,1H3. The van der Waals surface area contributed by atoms with Gasteiger partial charge in [0.15, 0.2) is 0 Å². The molecule has 19 heavy (non-hydrogen) atoms. The van der Waals surface area contributed by atoms with Crippen LogP contribution in [0.5, 0.6) is 0 Å². The second-order valence-corrected chi connectivity index (χ2v) is 5.80. The van der Waals surface area contributed by atoms with Crippen LogP contribution in [0.25, 0.3) is 0 Å². The van der Waals surface area contributed by atoms with E-state index < -0.39 is 0 Å². The minimum absolute atomic E-state index is 0.180. The van der Waals surface area contributed by atoms with Crippen LogP contribution >= 0.6 is 15.9 Å². The van der Waals surface area contributed by atoms with Gasteiger partial charge in [-0.1, -0.05) is 15.9 Å². The third-order valence-electron chi connectivity index (χ3n) is 3.94. The molecular weight excluding hydrogens is 309 g/mol. The molecule has 0 aliphatic carbocycles. The molecule has 106 valence electrons. The molecule has 0 N–H and O–H groups in total. The molecule has 2 nitrogen and oxygen atoms in total. The summed E-state index contributed by atoms with van der Waals surface area (Å²) in [7, 11) is 0. The number of hydrogen-bond donors (Lipinski definition) is 0. The van der Waals surface area contributed by atoms with Crippen molar-refractivity contribution in [2.24, 2.45) is 5.41 Å². The van der Waals surface area contributed by atoms with Gasteiger partial charge in [0.2, 0.25) is 0 Å². The summed E-state index contributed by atoms with van der Waals surface area (Å²) in [6, 6.07) is 6.78. The first-order valence-electron chi connectivity index (χ1n) is 6.83. The zero-order chi connectivity index (χ0) is 13.7. The second kappa shape index (κ2) is 6.71. The molecule has 0 amide bonds. The van der Waals surface area contributed by atoms with E-state index in [1.165, 1.54) is 12.1 Å². The lowest BCUT2D eigenvalue weighted by Crippen LogP contribution is -2.42. The molecule has 0 bridgehead atoms. The van der Waals surface area contributed by atoms with Gasteiger partial charge in [-0.25, -0.2) is 4.39 Å². The Morgan fingerprint density at radius 1 is 1.26 bits per heavy atom. The van der Waals surface area contributed by atoms with Crippen molar-refractivity contribution in [1.82, 2.24) is 0 Å². The van der Waals surface area contributed by atoms with Crippen LogP contribution in [-0.2, 0) is 4.74 Å². The lowest BCUT2D eigenvalue weighted by Gasteiger charge is -2.40. The van der Waals surface area contributed by atoms with Gasteiger partial charge in [-0.3, -0.25) is 0 Å². The highest BCUT2D eigenvalue weighted by molar-refractivity contribution is 9.09. The fourth-order valence-corrected chi connectivity index (χ4v) is 3.32. The number of rotatable bonds is 5. The van der Waals surface area contributed by atoms with Crippen LogP contribution in [-0.4, -0.2) is 31.6 Å². The van der Waals surface area contributed by atoms with Crippen molar-refractivity contribution in [3.8, 4) is 0 Å². The summed E-state index contributed by atoms with van der Waals surface area (Å²) in [5.41, 5.74) is 1.36. The SMILES string of the molecule is CCN(CC1(CBr)CCOCC1)c1ccc(F)cc1. The Hall–Kier alpha value is -0.610. The molecule has 0 unspecified atom stereocenters. The lowest BCUT2D eigenvalue weighted by atomic mass is 9.81. The number of halogens is 2. The minimum atomic E-state index is -0.180. The Balaban J connectivity index is 2.11. The van der Waals surface area contributed by atoms with Gasteiger partial charge in [0.05, 0.1) is 0 Å². The molecule has 0 atom stereocenters. The Kier molecular flexibility index (Phi) is 5.22. The molecule has 2 rings (SSSR count). The lowest BCUT2D eigenvalue weighted by molar-refractivity contribution is 0.0301. The number of benzene rings is 1. The van der Waals surface area contributed by atoms with E-state index in [-0.39, 0.29) is 11.2 Å². The number of ether oxygens (including phenoxy) is 1. The van der Waals surface area contributed by atoms with E-state index in [9.17, 15) is 4.39 Å². The average molecular weight is 330 g/mol. The zero-order valence-corrected chi connectivity index (χ0v) is 13.0. The molecule has 1 aromatic rings. The van der Waals surface area contributed by atoms with E-state index >= 15 is 0 Å². The van der Waals surface area contributed by atoms with Crippen molar-refractivity contribution < 1.29 is 9.13 Å². The van der Waals surface area contributed by atoms with E-state index in [1.54, 1.807) is 0 Å². The second-order valence-electron chi connectivity index (χ2n) is 5.24. The van der Waals surface area contributed by atoms with Gasteiger partial charge in [-0.05, 0) is 44.0 Å². The highest BCUT2D eigenvalue weighted by Crippen LogP contribution is 2.34. The van der Waals surface area contributed by atoms with Crippen LogP contribution < -0.4 is 4.90 Å². The molecule has 1 saturated heterocycles. The van der Waals surface area contributed by atoms with Gasteiger partial charge in [0.1, 0.15) is 5.82 Å². The van der Waals surface area contributed by atoms with Crippen molar-refractivity contribution in [3.63, 3.8) is 0 Å². The van der Waals surface area contributed by atoms with Crippen LogP contribution in [0.4, 0.5) is 10.1 Å². The maximum atomic E-state index is 13.0. The minimum Gasteiger partial charge on any atom is -0.381 e. The molecular formula is C15H21BrFNO. The van der Waals surface area contributed by atoms with Gasteiger partial charge >= 0.3 is 0 Å². The Morgan fingerprint density at radius 3 is 2.42 bits per heavy atom. The third-order valence-corrected chi connectivity index (χ3v) is 5.13. The molecule has 0 saturated carbocycles. The molecule has 1 heterocycles.